The summed E-state index contributed by atoms with van der Waals surface area (Å²) < 4.78 is 36.4. The summed E-state index contributed by atoms with van der Waals surface area (Å²) in [5.41, 5.74) is 6.76. The van der Waals surface area contributed by atoms with Gasteiger partial charge in [-0.3, -0.25) is 9.59 Å². The lowest BCUT2D eigenvalue weighted by Gasteiger charge is -2.34. The zero-order valence-electron chi connectivity index (χ0n) is 29.7. The second-order valence-electron chi connectivity index (χ2n) is 16.6. The van der Waals surface area contributed by atoms with Crippen molar-refractivity contribution >= 4 is 32.7 Å². The summed E-state index contributed by atoms with van der Waals surface area (Å²) in [5.74, 6) is 0.230. The number of amides is 2. The number of carbonyl (C=O) groups excluding carboxylic acids is 2. The molecular weight excluding hydrogens is 651 g/mol. The van der Waals surface area contributed by atoms with Crippen molar-refractivity contribution in [2.45, 2.75) is 76.0 Å². The second-order valence-corrected chi connectivity index (χ2v) is 18.8. The van der Waals surface area contributed by atoms with Crippen molar-refractivity contribution in [1.29, 1.82) is 0 Å². The first-order chi connectivity index (χ1) is 24.0. The molecule has 2 unspecified atom stereocenters. The molecule has 4 fully saturated rings. The van der Waals surface area contributed by atoms with Crippen LogP contribution in [-0.2, 0) is 26.2 Å². The molecule has 2 amide bonds. The molecule has 2 N–H and O–H groups in total. The van der Waals surface area contributed by atoms with Crippen LogP contribution < -0.4 is 14.8 Å². The van der Waals surface area contributed by atoms with Gasteiger partial charge in [-0.1, -0.05) is 37.5 Å². The average Bonchev–Trinajstić information content (AvgIpc) is 3.22. The Morgan fingerprint density at radius 3 is 2.44 bits per heavy atom. The fourth-order valence-corrected chi connectivity index (χ4v) is 11.6. The molecule has 1 aromatic carbocycles. The van der Waals surface area contributed by atoms with Gasteiger partial charge < -0.3 is 24.4 Å². The first-order valence-electron chi connectivity index (χ1n) is 18.6. The maximum absolute atomic E-state index is 15.0. The Hall–Kier alpha value is -3.41. The molecule has 4 atom stereocenters. The first kappa shape index (κ1) is 32.5. The molecule has 1 aromatic heterocycles. The minimum Gasteiger partial charge on any atom is -0.496 e. The number of sulfonamides is 1. The molecule has 5 heterocycles. The molecule has 0 bridgehead atoms. The molecule has 1 saturated carbocycles. The lowest BCUT2D eigenvalue weighted by molar-refractivity contribution is -0.135. The summed E-state index contributed by atoms with van der Waals surface area (Å²) in [4.78, 5) is 33.3. The van der Waals surface area contributed by atoms with Gasteiger partial charge in [0.15, 0.2) is 0 Å². The van der Waals surface area contributed by atoms with E-state index in [0.717, 1.165) is 91.2 Å². The molecular formula is C39H49N5O5S. The van der Waals surface area contributed by atoms with Gasteiger partial charge in [-0.25, -0.2) is 13.1 Å². The Morgan fingerprint density at radius 2 is 1.76 bits per heavy atom. The molecule has 50 heavy (non-hydrogen) atoms. The van der Waals surface area contributed by atoms with Crippen molar-refractivity contribution in [1.82, 2.24) is 24.4 Å². The molecule has 9 rings (SSSR count). The van der Waals surface area contributed by atoms with E-state index in [0.29, 0.717) is 24.5 Å². The Morgan fingerprint density at radius 1 is 1.04 bits per heavy atom. The summed E-state index contributed by atoms with van der Waals surface area (Å²) in [6.07, 6.45) is 10.7. The van der Waals surface area contributed by atoms with Crippen molar-refractivity contribution < 1.29 is 22.7 Å². The van der Waals surface area contributed by atoms with Crippen LogP contribution in [0.2, 0.25) is 0 Å². The Kier molecular flexibility index (Phi) is 7.34. The number of methoxy groups -OCH3 is 1. The van der Waals surface area contributed by atoms with Gasteiger partial charge in [0, 0.05) is 73.6 Å². The highest BCUT2D eigenvalue weighted by atomic mass is 32.2. The van der Waals surface area contributed by atoms with Gasteiger partial charge in [-0.15, -0.1) is 0 Å². The number of benzene rings is 1. The molecule has 10 nitrogen and oxygen atoms in total. The summed E-state index contributed by atoms with van der Waals surface area (Å²) in [7, 11) is 0.0904. The number of hydrogen-bond acceptors (Lipinski definition) is 7. The third kappa shape index (κ3) is 4.61. The maximum Gasteiger partial charge on any atom is 0.265 e. The molecule has 11 heteroatoms. The number of carbonyl (C=O) groups is 2. The second kappa shape index (κ2) is 11.3. The van der Waals surface area contributed by atoms with Gasteiger partial charge in [0.1, 0.15) is 5.75 Å². The number of rotatable bonds is 6. The third-order valence-corrected chi connectivity index (χ3v) is 15.1. The summed E-state index contributed by atoms with van der Waals surface area (Å²) in [6.45, 7) is 8.98. The minimum atomic E-state index is -3.82. The van der Waals surface area contributed by atoms with E-state index >= 15 is 0 Å². The van der Waals surface area contributed by atoms with Crippen LogP contribution in [0.3, 0.4) is 0 Å². The fraction of sp³-hybridized carbons (Fsp3) is 0.590. The number of ether oxygens (including phenoxy) is 1. The number of nitrogens with one attached hydrogen (secondary N) is 2. The molecule has 0 radical (unpaired) electrons. The third-order valence-electron chi connectivity index (χ3n) is 13.4. The van der Waals surface area contributed by atoms with E-state index in [2.05, 4.69) is 61.8 Å². The lowest BCUT2D eigenvalue weighted by atomic mass is 9.71. The summed E-state index contributed by atoms with van der Waals surface area (Å²) in [5, 5.41) is 3.96. The van der Waals surface area contributed by atoms with E-state index in [9.17, 15) is 18.0 Å². The van der Waals surface area contributed by atoms with Gasteiger partial charge in [0.2, 0.25) is 15.9 Å². The van der Waals surface area contributed by atoms with E-state index in [-0.39, 0.29) is 28.6 Å². The SMILES string of the molecule is COc1ccc(C2CCCCC2)c2c1cc1n2CC2=C(C(=O)NS(=O)(=O)C(C)C)C2=C2C=CC[C@@H](C(=O)N3CC45CNCC4(CN(C)C5)C3)[C@@H]21. The van der Waals surface area contributed by atoms with Crippen molar-refractivity contribution in [2.24, 2.45) is 16.7 Å². The predicted octanol–water partition coefficient (Wildman–Crippen LogP) is 4.20. The number of allylic oxidation sites excluding steroid dienone is 4. The van der Waals surface area contributed by atoms with Crippen molar-refractivity contribution in [3.63, 3.8) is 0 Å². The van der Waals surface area contributed by atoms with E-state index in [1.807, 2.05) is 0 Å². The van der Waals surface area contributed by atoms with Crippen LogP contribution in [0.25, 0.3) is 10.9 Å². The van der Waals surface area contributed by atoms with Gasteiger partial charge in [-0.05, 0) is 80.5 Å². The Labute approximate surface area is 295 Å². The van der Waals surface area contributed by atoms with E-state index in [1.54, 1.807) is 21.0 Å². The summed E-state index contributed by atoms with van der Waals surface area (Å²) in [6, 6.07) is 6.57. The molecule has 4 aliphatic heterocycles. The van der Waals surface area contributed by atoms with Gasteiger partial charge >= 0.3 is 0 Å². The molecule has 0 spiro atoms. The molecule has 266 valence electrons. The molecule has 3 aliphatic carbocycles. The highest BCUT2D eigenvalue weighted by molar-refractivity contribution is 7.90. The van der Waals surface area contributed by atoms with Crippen molar-refractivity contribution in [3.05, 3.63) is 63.9 Å². The van der Waals surface area contributed by atoms with Crippen LogP contribution in [0.5, 0.6) is 5.75 Å². The fourth-order valence-electron chi connectivity index (χ4n) is 11.0. The Balaban J connectivity index is 1.18. The standard InChI is InChI=1S/C39H49N5O5S/c1-23(2)50(47,48)41-36(45)34-29-16-44-30(15-28-31(49-4)14-13-25(35(28)44)24-9-6-5-7-10-24)32-26(33(29)34)11-8-12-27(32)37(46)43-21-38-17-40-18-39(38,22-43)20-42(3)19-38/h8,11,13-15,23-24,27,32,40H,5-7,9-10,12,16-22H2,1-4H3,(H,41,45)/t27-,32-,38?,39?/m1/s1. The Bertz CT molecular complexity index is 2020. The minimum absolute atomic E-state index is 0.0716. The van der Waals surface area contributed by atoms with Crippen LogP contribution in [0.4, 0.5) is 0 Å². The van der Waals surface area contributed by atoms with Gasteiger partial charge in [0.05, 0.1) is 29.4 Å². The lowest BCUT2D eigenvalue weighted by Crippen LogP contribution is -2.44. The van der Waals surface area contributed by atoms with Crippen molar-refractivity contribution in [3.8, 4) is 5.75 Å². The summed E-state index contributed by atoms with van der Waals surface area (Å²) >= 11 is 0. The van der Waals surface area contributed by atoms with Crippen molar-refractivity contribution in [2.75, 3.05) is 53.4 Å². The van der Waals surface area contributed by atoms with Crippen LogP contribution in [0.15, 0.2) is 52.6 Å². The van der Waals surface area contributed by atoms with Crippen LogP contribution >= 0.6 is 0 Å². The van der Waals surface area contributed by atoms with Gasteiger partial charge in [-0.2, -0.15) is 0 Å². The first-order valence-corrected chi connectivity index (χ1v) is 20.1. The monoisotopic (exact) mass is 699 g/mol. The molecule has 7 aliphatic rings. The van der Waals surface area contributed by atoms with Crippen LogP contribution in [0.1, 0.15) is 75.5 Å². The highest BCUT2D eigenvalue weighted by Gasteiger charge is 2.65. The number of nitrogens with zero attached hydrogens (tertiary/aromatic N) is 3. The van der Waals surface area contributed by atoms with E-state index < -0.39 is 21.2 Å². The number of likely N-dealkylation sites (tertiary alicyclic amines) is 2. The predicted molar refractivity (Wildman–Crippen MR) is 192 cm³/mol. The number of fused-ring (bicyclic) bond motifs is 6. The van der Waals surface area contributed by atoms with Gasteiger partial charge in [0.25, 0.3) is 5.91 Å². The normalized spacial score (nSPS) is 30.7. The molecule has 2 aromatic rings. The number of hydrogen-bond donors (Lipinski definition) is 2. The largest absolute Gasteiger partial charge is 0.496 e. The zero-order chi connectivity index (χ0) is 34.7. The average molecular weight is 700 g/mol. The highest BCUT2D eigenvalue weighted by Crippen LogP contribution is 2.57. The van der Waals surface area contributed by atoms with Crippen LogP contribution in [-0.4, -0.2) is 93.3 Å². The van der Waals surface area contributed by atoms with Crippen LogP contribution in [0, 0.1) is 16.7 Å². The molecule has 3 saturated heterocycles. The smallest absolute Gasteiger partial charge is 0.265 e. The number of aromatic nitrogens is 1. The maximum atomic E-state index is 15.0. The topological polar surface area (TPSA) is 113 Å². The zero-order valence-corrected chi connectivity index (χ0v) is 30.5. The van der Waals surface area contributed by atoms with E-state index in [1.165, 1.54) is 24.8 Å². The van der Waals surface area contributed by atoms with E-state index in [4.69, 9.17) is 4.74 Å². The quantitative estimate of drug-likeness (QED) is 0.465.